The van der Waals surface area contributed by atoms with Gasteiger partial charge in [-0.15, -0.1) is 6.58 Å². The molecule has 0 aliphatic heterocycles. The van der Waals surface area contributed by atoms with Crippen molar-refractivity contribution >= 4 is 0 Å². The molecule has 0 bridgehead atoms. The molecule has 0 fully saturated rings. The maximum Gasteiger partial charge on any atom is 0.272 e. The molecule has 0 aromatic heterocycles. The van der Waals surface area contributed by atoms with Crippen molar-refractivity contribution in [2.45, 2.75) is 25.2 Å². The molecular formula is C6H8F4. The van der Waals surface area contributed by atoms with Gasteiger partial charge in [0.15, 0.2) is 6.17 Å². The first-order chi connectivity index (χ1) is 4.59. The minimum atomic E-state index is -3.24. The molecule has 0 heterocycles. The van der Waals surface area contributed by atoms with E-state index in [1.807, 2.05) is 0 Å². The van der Waals surface area contributed by atoms with Crippen LogP contribution >= 0.6 is 0 Å². The molecule has 0 rings (SSSR count). The van der Waals surface area contributed by atoms with Crippen LogP contribution < -0.4 is 0 Å². The van der Waals surface area contributed by atoms with E-state index in [1.54, 1.807) is 0 Å². The molecule has 10 heavy (non-hydrogen) atoms. The van der Waals surface area contributed by atoms with E-state index in [4.69, 9.17) is 0 Å². The number of allylic oxidation sites excluding steroid dienone is 1. The zero-order valence-electron chi connectivity index (χ0n) is 5.24. The summed E-state index contributed by atoms with van der Waals surface area (Å²) >= 11 is 0. The van der Waals surface area contributed by atoms with Gasteiger partial charge in [-0.2, -0.15) is 0 Å². The van der Waals surface area contributed by atoms with Gasteiger partial charge in [0.05, 0.1) is 0 Å². The summed E-state index contributed by atoms with van der Waals surface area (Å²) in [5.74, 6) is 0. The smallest absolute Gasteiger partial charge is 0.244 e. The average Bonchev–Trinajstić information content (AvgIpc) is 1.87. The fraction of sp³-hybridized carbons (Fsp3) is 0.667. The Labute approximate surface area is 56.5 Å². The van der Waals surface area contributed by atoms with E-state index in [-0.39, 0.29) is 6.42 Å². The maximum atomic E-state index is 12.1. The van der Waals surface area contributed by atoms with E-state index in [1.165, 1.54) is 0 Å². The topological polar surface area (TPSA) is 0 Å². The maximum absolute atomic E-state index is 12.1. The fourth-order valence-corrected chi connectivity index (χ4v) is 0.447. The van der Waals surface area contributed by atoms with E-state index >= 15 is 0 Å². The molecule has 0 aromatic rings. The first-order valence-electron chi connectivity index (χ1n) is 2.76. The molecule has 4 heteroatoms. The molecule has 0 aromatic carbocycles. The van der Waals surface area contributed by atoms with E-state index in [2.05, 4.69) is 6.58 Å². The quantitative estimate of drug-likeness (QED) is 0.433. The minimum Gasteiger partial charge on any atom is -0.244 e. The van der Waals surface area contributed by atoms with Gasteiger partial charge in [-0.05, 0) is 6.42 Å². The Balaban J connectivity index is 3.68. The molecule has 0 amide bonds. The van der Waals surface area contributed by atoms with E-state index < -0.39 is 18.8 Å². The minimum absolute atomic E-state index is 0.370. The highest BCUT2D eigenvalue weighted by Crippen LogP contribution is 2.15. The summed E-state index contributed by atoms with van der Waals surface area (Å²) in [6.07, 6.45) is -7.35. The molecule has 60 valence electrons. The zero-order valence-corrected chi connectivity index (χ0v) is 5.24. The predicted molar refractivity (Wildman–Crippen MR) is 30.6 cm³/mol. The molecule has 0 saturated heterocycles. The Bertz CT molecular complexity index is 102. The van der Waals surface area contributed by atoms with Gasteiger partial charge >= 0.3 is 0 Å². The lowest BCUT2D eigenvalue weighted by molar-refractivity contribution is 0.00464. The number of halogens is 4. The Morgan fingerprint density at radius 2 is 1.70 bits per heavy atom. The van der Waals surface area contributed by atoms with Gasteiger partial charge in [0.1, 0.15) is 6.17 Å². The lowest BCUT2D eigenvalue weighted by Gasteiger charge is -2.09. The molecule has 0 radical (unpaired) electrons. The van der Waals surface area contributed by atoms with Crippen LogP contribution in [0.3, 0.4) is 0 Å². The second-order valence-electron chi connectivity index (χ2n) is 1.82. The van der Waals surface area contributed by atoms with Crippen LogP contribution in [0.1, 0.15) is 6.42 Å². The molecule has 2 atom stereocenters. The second-order valence-corrected chi connectivity index (χ2v) is 1.82. The standard InChI is InChI=1S/C6H8F4/c1-2-3-4(7)5(8)6(9)10/h2,4-6H,1,3H2. The first kappa shape index (κ1) is 9.46. The Kier molecular flexibility index (Phi) is 4.07. The van der Waals surface area contributed by atoms with Crippen LogP contribution in [0.5, 0.6) is 0 Å². The van der Waals surface area contributed by atoms with Crippen LogP contribution in [-0.4, -0.2) is 18.8 Å². The largest absolute Gasteiger partial charge is 0.272 e. The van der Waals surface area contributed by atoms with Gasteiger partial charge in [-0.25, -0.2) is 17.6 Å². The summed E-state index contributed by atoms with van der Waals surface area (Å²) in [6.45, 7) is 3.09. The Hall–Kier alpha value is -0.540. The van der Waals surface area contributed by atoms with E-state index in [0.29, 0.717) is 0 Å². The van der Waals surface area contributed by atoms with Gasteiger partial charge in [-0.1, -0.05) is 6.08 Å². The van der Waals surface area contributed by atoms with Gasteiger partial charge < -0.3 is 0 Å². The Morgan fingerprint density at radius 1 is 1.20 bits per heavy atom. The van der Waals surface area contributed by atoms with Crippen molar-refractivity contribution < 1.29 is 17.6 Å². The Morgan fingerprint density at radius 3 is 2.00 bits per heavy atom. The van der Waals surface area contributed by atoms with E-state index in [0.717, 1.165) is 6.08 Å². The second kappa shape index (κ2) is 4.30. The SMILES string of the molecule is C=CCC(F)C(F)C(F)F. The molecule has 0 N–H and O–H groups in total. The number of rotatable bonds is 4. The van der Waals surface area contributed by atoms with Crippen LogP contribution in [-0.2, 0) is 0 Å². The lowest BCUT2D eigenvalue weighted by atomic mass is 10.2. The van der Waals surface area contributed by atoms with Crippen molar-refractivity contribution in [3.8, 4) is 0 Å². The van der Waals surface area contributed by atoms with Crippen molar-refractivity contribution in [3.63, 3.8) is 0 Å². The molecule has 0 aliphatic rings. The highest BCUT2D eigenvalue weighted by Gasteiger charge is 2.28. The highest BCUT2D eigenvalue weighted by molar-refractivity contribution is 4.79. The van der Waals surface area contributed by atoms with Crippen LogP contribution in [0.15, 0.2) is 12.7 Å². The molecule has 0 spiro atoms. The summed E-state index contributed by atoms with van der Waals surface area (Å²) < 4.78 is 46.8. The summed E-state index contributed by atoms with van der Waals surface area (Å²) in [7, 11) is 0. The van der Waals surface area contributed by atoms with E-state index in [9.17, 15) is 17.6 Å². The number of hydrogen-bond acceptors (Lipinski definition) is 0. The van der Waals surface area contributed by atoms with Crippen LogP contribution in [0, 0.1) is 0 Å². The fourth-order valence-electron chi connectivity index (χ4n) is 0.447. The summed E-state index contributed by atoms with van der Waals surface area (Å²) in [5, 5.41) is 0. The van der Waals surface area contributed by atoms with Gasteiger partial charge in [0.2, 0.25) is 0 Å². The average molecular weight is 156 g/mol. The van der Waals surface area contributed by atoms with Crippen molar-refractivity contribution in [2.24, 2.45) is 0 Å². The van der Waals surface area contributed by atoms with Gasteiger partial charge in [-0.3, -0.25) is 0 Å². The first-order valence-corrected chi connectivity index (χ1v) is 2.76. The third kappa shape index (κ3) is 2.85. The molecule has 0 aliphatic carbocycles. The van der Waals surface area contributed by atoms with Crippen molar-refractivity contribution in [1.29, 1.82) is 0 Å². The van der Waals surface area contributed by atoms with Crippen molar-refractivity contribution in [1.82, 2.24) is 0 Å². The number of hydrogen-bond donors (Lipinski definition) is 0. The lowest BCUT2D eigenvalue weighted by Crippen LogP contribution is -2.24. The van der Waals surface area contributed by atoms with Crippen LogP contribution in [0.2, 0.25) is 0 Å². The van der Waals surface area contributed by atoms with Crippen LogP contribution in [0.4, 0.5) is 17.6 Å². The molecule has 0 nitrogen and oxygen atoms in total. The van der Waals surface area contributed by atoms with Crippen molar-refractivity contribution in [2.75, 3.05) is 0 Å². The van der Waals surface area contributed by atoms with Gasteiger partial charge in [0.25, 0.3) is 6.43 Å². The third-order valence-electron chi connectivity index (χ3n) is 0.978. The zero-order chi connectivity index (χ0) is 8.15. The van der Waals surface area contributed by atoms with Crippen molar-refractivity contribution in [3.05, 3.63) is 12.7 Å². The highest BCUT2D eigenvalue weighted by atomic mass is 19.3. The normalized spacial score (nSPS) is 16.9. The molecular weight excluding hydrogens is 148 g/mol. The molecule has 0 saturated carbocycles. The monoisotopic (exact) mass is 156 g/mol. The predicted octanol–water partition coefficient (Wildman–Crippen LogP) is 2.50. The summed E-state index contributed by atoms with van der Waals surface area (Å²) in [6, 6.07) is 0. The van der Waals surface area contributed by atoms with Crippen LogP contribution in [0.25, 0.3) is 0 Å². The third-order valence-corrected chi connectivity index (χ3v) is 0.978. The summed E-state index contributed by atoms with van der Waals surface area (Å²) in [5.41, 5.74) is 0. The number of alkyl halides is 4. The van der Waals surface area contributed by atoms with Gasteiger partial charge in [0, 0.05) is 0 Å². The molecule has 2 unspecified atom stereocenters. The summed E-state index contributed by atoms with van der Waals surface area (Å²) in [4.78, 5) is 0.